The van der Waals surface area contributed by atoms with E-state index in [1.54, 1.807) is 31.3 Å². The van der Waals surface area contributed by atoms with E-state index in [2.05, 4.69) is 10.5 Å². The van der Waals surface area contributed by atoms with E-state index in [0.29, 0.717) is 17.1 Å². The molecule has 0 radical (unpaired) electrons. The van der Waals surface area contributed by atoms with Crippen LogP contribution in [0.1, 0.15) is 48.1 Å². The lowest BCUT2D eigenvalue weighted by atomic mass is 10.1. The predicted molar refractivity (Wildman–Crippen MR) is 102 cm³/mol. The van der Waals surface area contributed by atoms with Gasteiger partial charge in [-0.3, -0.25) is 9.59 Å². The number of rotatable bonds is 6. The molecule has 27 heavy (non-hydrogen) atoms. The molecular formula is C20H27N3O4. The monoisotopic (exact) mass is 373 g/mol. The topological polar surface area (TPSA) is 84.7 Å². The summed E-state index contributed by atoms with van der Waals surface area (Å²) in [4.78, 5) is 26.3. The number of nitrogens with one attached hydrogen (secondary N) is 1. The van der Waals surface area contributed by atoms with Gasteiger partial charge in [0, 0.05) is 12.6 Å². The van der Waals surface area contributed by atoms with Gasteiger partial charge in [0.25, 0.3) is 5.91 Å². The summed E-state index contributed by atoms with van der Waals surface area (Å²) in [7, 11) is 1.59. The van der Waals surface area contributed by atoms with E-state index in [4.69, 9.17) is 9.26 Å². The molecule has 7 nitrogen and oxygen atoms in total. The molecule has 2 amide bonds. The Morgan fingerprint density at radius 2 is 1.89 bits per heavy atom. The molecular weight excluding hydrogens is 346 g/mol. The van der Waals surface area contributed by atoms with Crippen LogP contribution in [0.4, 0.5) is 0 Å². The maximum Gasteiger partial charge on any atom is 0.257 e. The Balaban J connectivity index is 2.09. The molecule has 0 aliphatic rings. The quantitative estimate of drug-likeness (QED) is 0.842. The summed E-state index contributed by atoms with van der Waals surface area (Å²) in [6.45, 7) is 9.55. The summed E-state index contributed by atoms with van der Waals surface area (Å²) in [6, 6.07) is 6.97. The van der Waals surface area contributed by atoms with Crippen molar-refractivity contribution in [3.8, 4) is 5.75 Å². The van der Waals surface area contributed by atoms with Crippen molar-refractivity contribution in [3.05, 3.63) is 46.8 Å². The van der Waals surface area contributed by atoms with Crippen LogP contribution in [0.5, 0.6) is 5.75 Å². The Bertz CT molecular complexity index is 801. The smallest absolute Gasteiger partial charge is 0.257 e. The van der Waals surface area contributed by atoms with Crippen molar-refractivity contribution in [2.75, 3.05) is 13.6 Å². The second-order valence-corrected chi connectivity index (χ2v) is 7.55. The van der Waals surface area contributed by atoms with Gasteiger partial charge in [0.2, 0.25) is 5.91 Å². The van der Waals surface area contributed by atoms with Crippen LogP contribution in [-0.2, 0) is 11.4 Å². The van der Waals surface area contributed by atoms with E-state index >= 15 is 0 Å². The van der Waals surface area contributed by atoms with Crippen molar-refractivity contribution in [2.45, 2.75) is 46.8 Å². The molecule has 0 unspecified atom stereocenters. The summed E-state index contributed by atoms with van der Waals surface area (Å²) < 4.78 is 11.0. The highest BCUT2D eigenvalue weighted by molar-refractivity contribution is 5.98. The number of aromatic nitrogens is 1. The van der Waals surface area contributed by atoms with Crippen LogP contribution in [0.3, 0.4) is 0 Å². The second kappa shape index (κ2) is 8.24. The summed E-state index contributed by atoms with van der Waals surface area (Å²) in [5, 5.41) is 6.75. The first-order valence-electron chi connectivity index (χ1n) is 8.78. The lowest BCUT2D eigenvalue weighted by Crippen LogP contribution is -2.46. The van der Waals surface area contributed by atoms with Crippen molar-refractivity contribution in [3.63, 3.8) is 0 Å². The van der Waals surface area contributed by atoms with E-state index in [9.17, 15) is 9.59 Å². The summed E-state index contributed by atoms with van der Waals surface area (Å²) in [5.74, 6) is 0.638. The SMILES string of the molecule is Cc1noc(C)c1COc1ccccc1C(=O)N(C)CC(=O)NC(C)(C)C. The number of nitrogens with zero attached hydrogens (tertiary/aromatic N) is 2. The summed E-state index contributed by atoms with van der Waals surface area (Å²) in [6.07, 6.45) is 0. The van der Waals surface area contributed by atoms with Gasteiger partial charge in [0.1, 0.15) is 18.1 Å². The molecule has 1 heterocycles. The number of carbonyl (C=O) groups excluding carboxylic acids is 2. The van der Waals surface area contributed by atoms with Crippen LogP contribution in [-0.4, -0.2) is 41.0 Å². The van der Waals surface area contributed by atoms with Gasteiger partial charge in [-0.15, -0.1) is 0 Å². The first kappa shape index (κ1) is 20.5. The Morgan fingerprint density at radius 3 is 2.48 bits per heavy atom. The van der Waals surface area contributed by atoms with E-state index in [0.717, 1.165) is 11.3 Å². The first-order valence-corrected chi connectivity index (χ1v) is 8.78. The zero-order valence-corrected chi connectivity index (χ0v) is 16.8. The van der Waals surface area contributed by atoms with Crippen LogP contribution < -0.4 is 10.1 Å². The maximum atomic E-state index is 12.8. The zero-order valence-electron chi connectivity index (χ0n) is 16.8. The van der Waals surface area contributed by atoms with Crippen molar-refractivity contribution in [1.82, 2.24) is 15.4 Å². The normalized spacial score (nSPS) is 11.2. The van der Waals surface area contributed by atoms with Crippen molar-refractivity contribution < 1.29 is 18.8 Å². The van der Waals surface area contributed by atoms with Crippen molar-refractivity contribution >= 4 is 11.8 Å². The van der Waals surface area contributed by atoms with Gasteiger partial charge in [-0.25, -0.2) is 0 Å². The zero-order chi connectivity index (χ0) is 20.2. The fraction of sp³-hybridized carbons (Fsp3) is 0.450. The molecule has 2 rings (SSSR count). The highest BCUT2D eigenvalue weighted by Crippen LogP contribution is 2.22. The highest BCUT2D eigenvalue weighted by Gasteiger charge is 2.21. The molecule has 0 saturated carbocycles. The second-order valence-electron chi connectivity index (χ2n) is 7.55. The number of amides is 2. The fourth-order valence-electron chi connectivity index (χ4n) is 2.58. The van der Waals surface area contributed by atoms with Gasteiger partial charge in [-0.2, -0.15) is 0 Å². The fourth-order valence-corrected chi connectivity index (χ4v) is 2.58. The average molecular weight is 373 g/mol. The molecule has 0 atom stereocenters. The lowest BCUT2D eigenvalue weighted by molar-refractivity contribution is -0.122. The van der Waals surface area contributed by atoms with Gasteiger partial charge < -0.3 is 19.5 Å². The molecule has 0 spiro atoms. The molecule has 2 aromatic rings. The summed E-state index contributed by atoms with van der Waals surface area (Å²) in [5.41, 5.74) is 1.66. The summed E-state index contributed by atoms with van der Waals surface area (Å²) >= 11 is 0. The molecule has 0 saturated heterocycles. The third kappa shape index (κ3) is 5.57. The Morgan fingerprint density at radius 1 is 1.22 bits per heavy atom. The van der Waals surface area contributed by atoms with Crippen LogP contribution in [0.25, 0.3) is 0 Å². The number of ether oxygens (including phenoxy) is 1. The molecule has 0 fully saturated rings. The lowest BCUT2D eigenvalue weighted by Gasteiger charge is -2.24. The van der Waals surface area contributed by atoms with Gasteiger partial charge in [0.15, 0.2) is 0 Å². The number of likely N-dealkylation sites (N-methyl/N-ethyl adjacent to an activating group) is 1. The van der Waals surface area contributed by atoms with Crippen LogP contribution in [0, 0.1) is 13.8 Å². The number of para-hydroxylation sites is 1. The third-order valence-electron chi connectivity index (χ3n) is 3.91. The number of benzene rings is 1. The number of aryl methyl sites for hydroxylation is 2. The van der Waals surface area contributed by atoms with Gasteiger partial charge in [0.05, 0.1) is 23.4 Å². The minimum atomic E-state index is -0.351. The van der Waals surface area contributed by atoms with E-state index in [-0.39, 0.29) is 30.5 Å². The van der Waals surface area contributed by atoms with Gasteiger partial charge in [-0.05, 0) is 46.8 Å². The van der Waals surface area contributed by atoms with Gasteiger partial charge >= 0.3 is 0 Å². The Labute approximate surface area is 159 Å². The molecule has 146 valence electrons. The molecule has 0 bridgehead atoms. The van der Waals surface area contributed by atoms with Crippen molar-refractivity contribution in [1.29, 1.82) is 0 Å². The molecule has 1 aromatic heterocycles. The molecule has 1 aromatic carbocycles. The highest BCUT2D eigenvalue weighted by atomic mass is 16.5. The standard InChI is InChI=1S/C20H27N3O4/c1-13-16(14(2)27-22-13)12-26-17-10-8-7-9-15(17)19(25)23(6)11-18(24)21-20(3,4)5/h7-10H,11-12H2,1-6H3,(H,21,24). The van der Waals surface area contributed by atoms with Crippen LogP contribution in [0.2, 0.25) is 0 Å². The first-order chi connectivity index (χ1) is 12.6. The Hall–Kier alpha value is -2.83. The molecule has 0 aliphatic carbocycles. The van der Waals surface area contributed by atoms with E-state index < -0.39 is 0 Å². The predicted octanol–water partition coefficient (Wildman–Crippen LogP) is 2.86. The Kier molecular flexibility index (Phi) is 6.25. The van der Waals surface area contributed by atoms with Crippen molar-refractivity contribution in [2.24, 2.45) is 0 Å². The number of carbonyl (C=O) groups is 2. The molecule has 7 heteroatoms. The number of hydrogen-bond donors (Lipinski definition) is 1. The largest absolute Gasteiger partial charge is 0.488 e. The average Bonchev–Trinajstić information content (AvgIpc) is 2.89. The van der Waals surface area contributed by atoms with Crippen LogP contribution in [0.15, 0.2) is 28.8 Å². The third-order valence-corrected chi connectivity index (χ3v) is 3.91. The molecule has 0 aliphatic heterocycles. The minimum Gasteiger partial charge on any atom is -0.488 e. The minimum absolute atomic E-state index is 0.0334. The molecule has 1 N–H and O–H groups in total. The van der Waals surface area contributed by atoms with E-state index in [1.807, 2.05) is 34.6 Å². The van der Waals surface area contributed by atoms with E-state index in [1.165, 1.54) is 4.90 Å². The van der Waals surface area contributed by atoms with Crippen LogP contribution >= 0.6 is 0 Å². The number of hydrogen-bond acceptors (Lipinski definition) is 5. The van der Waals surface area contributed by atoms with Gasteiger partial charge in [-0.1, -0.05) is 17.3 Å². The maximum absolute atomic E-state index is 12.8.